The number of aromatic amines is 1. The van der Waals surface area contributed by atoms with Crippen molar-refractivity contribution >= 4 is 22.7 Å². The number of hydrogen-bond donors (Lipinski definition) is 3. The highest BCUT2D eigenvalue weighted by Crippen LogP contribution is 2.24. The predicted octanol–water partition coefficient (Wildman–Crippen LogP) is 2.13. The second-order valence-corrected chi connectivity index (χ2v) is 6.57. The van der Waals surface area contributed by atoms with Crippen LogP contribution in [0.15, 0.2) is 42.9 Å². The van der Waals surface area contributed by atoms with Crippen LogP contribution in [0, 0.1) is 0 Å². The van der Waals surface area contributed by atoms with Gasteiger partial charge in [0, 0.05) is 47.4 Å². The van der Waals surface area contributed by atoms with Crippen molar-refractivity contribution in [2.75, 3.05) is 0 Å². The van der Waals surface area contributed by atoms with Gasteiger partial charge in [0.25, 0.3) is 5.91 Å². The first kappa shape index (κ1) is 16.4. The Bertz CT molecular complexity index is 958. The molecule has 0 radical (unpaired) electrons. The van der Waals surface area contributed by atoms with Gasteiger partial charge >= 0.3 is 0 Å². The van der Waals surface area contributed by atoms with Crippen molar-refractivity contribution in [1.82, 2.24) is 25.4 Å². The SMILES string of the molecule is CCn1cc([C@@H]2NC(=O)CC[C@H]2NC(=O)c2ccc3[nH]ccc3c2)cn1. The molecule has 0 saturated carbocycles. The van der Waals surface area contributed by atoms with Gasteiger partial charge in [0.2, 0.25) is 5.91 Å². The minimum Gasteiger partial charge on any atom is -0.361 e. The molecule has 3 N–H and O–H groups in total. The Morgan fingerprint density at radius 1 is 1.38 bits per heavy atom. The van der Waals surface area contributed by atoms with Crippen LogP contribution in [0.1, 0.15) is 41.7 Å². The fraction of sp³-hybridized carbons (Fsp3) is 0.316. The fourth-order valence-electron chi connectivity index (χ4n) is 3.43. The highest BCUT2D eigenvalue weighted by Gasteiger charge is 2.32. The molecule has 1 saturated heterocycles. The first-order valence-corrected chi connectivity index (χ1v) is 8.84. The number of aryl methyl sites for hydroxylation is 1. The molecule has 1 aromatic carbocycles. The van der Waals surface area contributed by atoms with Crippen molar-refractivity contribution < 1.29 is 9.59 Å². The standard InChI is InChI=1S/C19H21N5O2/c1-2-24-11-14(10-21-24)18-16(5-6-17(25)23-18)22-19(26)13-3-4-15-12(9-13)7-8-20-15/h3-4,7-11,16,18,20H,2,5-6H2,1H3,(H,22,26)(H,23,25)/t16-,18+/m1/s1. The first-order chi connectivity index (χ1) is 12.6. The molecule has 1 fully saturated rings. The maximum atomic E-state index is 12.7. The number of hydrogen-bond acceptors (Lipinski definition) is 3. The molecule has 3 aromatic rings. The number of piperidine rings is 1. The number of amides is 2. The lowest BCUT2D eigenvalue weighted by molar-refractivity contribution is -0.123. The molecule has 2 amide bonds. The summed E-state index contributed by atoms with van der Waals surface area (Å²) in [5, 5.41) is 11.4. The van der Waals surface area contributed by atoms with E-state index in [2.05, 4.69) is 20.7 Å². The van der Waals surface area contributed by atoms with Crippen LogP contribution < -0.4 is 10.6 Å². The summed E-state index contributed by atoms with van der Waals surface area (Å²) >= 11 is 0. The largest absolute Gasteiger partial charge is 0.361 e. The average molecular weight is 351 g/mol. The maximum Gasteiger partial charge on any atom is 0.251 e. The number of fused-ring (bicyclic) bond motifs is 1. The van der Waals surface area contributed by atoms with Gasteiger partial charge in [-0.3, -0.25) is 14.3 Å². The van der Waals surface area contributed by atoms with Crippen LogP contribution in [0.2, 0.25) is 0 Å². The number of rotatable bonds is 4. The van der Waals surface area contributed by atoms with Crippen molar-refractivity contribution in [3.8, 4) is 0 Å². The highest BCUT2D eigenvalue weighted by molar-refractivity contribution is 5.98. The van der Waals surface area contributed by atoms with Crippen LogP contribution in [-0.4, -0.2) is 32.6 Å². The lowest BCUT2D eigenvalue weighted by atomic mass is 9.93. The molecule has 0 bridgehead atoms. The molecule has 0 unspecified atom stereocenters. The van der Waals surface area contributed by atoms with E-state index in [1.54, 1.807) is 12.3 Å². The molecule has 7 nitrogen and oxygen atoms in total. The number of nitrogens with one attached hydrogen (secondary N) is 3. The van der Waals surface area contributed by atoms with E-state index in [9.17, 15) is 9.59 Å². The lowest BCUT2D eigenvalue weighted by Crippen LogP contribution is -2.50. The zero-order chi connectivity index (χ0) is 18.1. The zero-order valence-electron chi connectivity index (χ0n) is 14.5. The molecule has 3 heterocycles. The van der Waals surface area contributed by atoms with Gasteiger partial charge in [0.1, 0.15) is 0 Å². The van der Waals surface area contributed by atoms with Crippen LogP contribution in [0.25, 0.3) is 10.9 Å². The van der Waals surface area contributed by atoms with Crippen molar-refractivity contribution in [2.24, 2.45) is 0 Å². The van der Waals surface area contributed by atoms with Crippen LogP contribution >= 0.6 is 0 Å². The Kier molecular flexibility index (Phi) is 4.20. The van der Waals surface area contributed by atoms with Gasteiger partial charge in [0.15, 0.2) is 0 Å². The summed E-state index contributed by atoms with van der Waals surface area (Å²) in [5.74, 6) is -0.138. The number of benzene rings is 1. The molecular formula is C19H21N5O2. The van der Waals surface area contributed by atoms with E-state index in [0.29, 0.717) is 18.4 Å². The molecule has 7 heteroatoms. The number of nitrogens with zero attached hydrogens (tertiary/aromatic N) is 2. The van der Waals surface area contributed by atoms with Crippen LogP contribution in [0.4, 0.5) is 0 Å². The van der Waals surface area contributed by atoms with E-state index in [1.807, 2.05) is 42.2 Å². The summed E-state index contributed by atoms with van der Waals surface area (Å²) in [6.07, 6.45) is 6.53. The Labute approximate surface area is 150 Å². The van der Waals surface area contributed by atoms with Crippen LogP contribution in [-0.2, 0) is 11.3 Å². The van der Waals surface area contributed by atoms with E-state index >= 15 is 0 Å². The van der Waals surface area contributed by atoms with Gasteiger partial charge in [-0.25, -0.2) is 0 Å². The number of H-pyrrole nitrogens is 1. The van der Waals surface area contributed by atoms with Gasteiger partial charge in [-0.15, -0.1) is 0 Å². The number of carbonyl (C=O) groups is 2. The third kappa shape index (κ3) is 3.08. The van der Waals surface area contributed by atoms with E-state index in [1.165, 1.54) is 0 Å². The number of carbonyl (C=O) groups excluding carboxylic acids is 2. The van der Waals surface area contributed by atoms with Crippen LogP contribution in [0.3, 0.4) is 0 Å². The van der Waals surface area contributed by atoms with Crippen LogP contribution in [0.5, 0.6) is 0 Å². The maximum absolute atomic E-state index is 12.7. The van der Waals surface area contributed by atoms with Crippen molar-refractivity contribution in [1.29, 1.82) is 0 Å². The summed E-state index contributed by atoms with van der Waals surface area (Å²) in [7, 11) is 0. The van der Waals surface area contributed by atoms with Gasteiger partial charge in [-0.2, -0.15) is 5.10 Å². The Morgan fingerprint density at radius 2 is 2.27 bits per heavy atom. The lowest BCUT2D eigenvalue weighted by Gasteiger charge is -2.32. The average Bonchev–Trinajstić information content (AvgIpc) is 3.31. The Hall–Kier alpha value is -3.09. The normalized spacial score (nSPS) is 20.1. The molecule has 1 aliphatic heterocycles. The summed E-state index contributed by atoms with van der Waals surface area (Å²) < 4.78 is 1.81. The molecule has 2 atom stereocenters. The minimum atomic E-state index is -0.267. The fourth-order valence-corrected chi connectivity index (χ4v) is 3.43. The molecule has 0 spiro atoms. The number of aromatic nitrogens is 3. The topological polar surface area (TPSA) is 91.8 Å². The van der Waals surface area contributed by atoms with Crippen molar-refractivity contribution in [3.05, 3.63) is 54.0 Å². The molecular weight excluding hydrogens is 330 g/mol. The molecule has 2 aromatic heterocycles. The molecule has 4 rings (SSSR count). The van der Waals surface area contributed by atoms with E-state index in [-0.39, 0.29) is 23.9 Å². The highest BCUT2D eigenvalue weighted by atomic mass is 16.2. The van der Waals surface area contributed by atoms with Gasteiger partial charge in [-0.1, -0.05) is 0 Å². The summed E-state index contributed by atoms with van der Waals surface area (Å²) in [5.41, 5.74) is 2.51. The second-order valence-electron chi connectivity index (χ2n) is 6.57. The van der Waals surface area contributed by atoms with Crippen molar-refractivity contribution in [3.63, 3.8) is 0 Å². The third-order valence-electron chi connectivity index (χ3n) is 4.87. The van der Waals surface area contributed by atoms with E-state index < -0.39 is 0 Å². The molecule has 134 valence electrons. The van der Waals surface area contributed by atoms with Gasteiger partial charge < -0.3 is 15.6 Å². The third-order valence-corrected chi connectivity index (χ3v) is 4.87. The summed E-state index contributed by atoms with van der Waals surface area (Å²) in [6, 6.07) is 7.07. The Balaban J connectivity index is 1.55. The molecule has 0 aliphatic carbocycles. The quantitative estimate of drug-likeness (QED) is 0.672. The monoisotopic (exact) mass is 351 g/mol. The van der Waals surface area contributed by atoms with E-state index in [0.717, 1.165) is 23.0 Å². The predicted molar refractivity (Wildman–Crippen MR) is 97.6 cm³/mol. The Morgan fingerprint density at radius 3 is 3.08 bits per heavy atom. The van der Waals surface area contributed by atoms with Crippen molar-refractivity contribution in [2.45, 2.75) is 38.4 Å². The van der Waals surface area contributed by atoms with Gasteiger partial charge in [-0.05, 0) is 37.6 Å². The summed E-state index contributed by atoms with van der Waals surface area (Å²) in [6.45, 7) is 2.76. The zero-order valence-corrected chi connectivity index (χ0v) is 14.5. The smallest absolute Gasteiger partial charge is 0.251 e. The van der Waals surface area contributed by atoms with Gasteiger partial charge in [0.05, 0.1) is 18.3 Å². The van der Waals surface area contributed by atoms with E-state index in [4.69, 9.17) is 0 Å². The minimum absolute atomic E-state index is 0.00140. The molecule has 1 aliphatic rings. The first-order valence-electron chi connectivity index (χ1n) is 8.84. The summed E-state index contributed by atoms with van der Waals surface area (Å²) in [4.78, 5) is 27.8. The second kappa shape index (κ2) is 6.67. The molecule has 26 heavy (non-hydrogen) atoms.